The minimum atomic E-state index is -0.305. The van der Waals surface area contributed by atoms with E-state index in [4.69, 9.17) is 0 Å². The molecule has 0 spiro atoms. The van der Waals surface area contributed by atoms with Gasteiger partial charge in [0.1, 0.15) is 16.9 Å². The molecule has 5 nitrogen and oxygen atoms in total. The summed E-state index contributed by atoms with van der Waals surface area (Å²) in [6.07, 6.45) is 3.85. The maximum atomic E-state index is 12.8. The zero-order chi connectivity index (χ0) is 19.3. The van der Waals surface area contributed by atoms with Crippen LogP contribution in [0.5, 0.6) is 0 Å². The van der Waals surface area contributed by atoms with E-state index in [9.17, 15) is 4.79 Å². The van der Waals surface area contributed by atoms with Gasteiger partial charge in [-0.3, -0.25) is 4.79 Å². The van der Waals surface area contributed by atoms with Crippen LogP contribution in [0.3, 0.4) is 0 Å². The van der Waals surface area contributed by atoms with E-state index in [-0.39, 0.29) is 18.4 Å². The van der Waals surface area contributed by atoms with Crippen LogP contribution in [0.15, 0.2) is 78.4 Å². The predicted molar refractivity (Wildman–Crippen MR) is 111 cm³/mol. The van der Waals surface area contributed by atoms with Gasteiger partial charge in [-0.2, -0.15) is 0 Å². The van der Waals surface area contributed by atoms with Crippen molar-refractivity contribution in [3.63, 3.8) is 0 Å². The Labute approximate surface area is 167 Å². The number of nitrogens with one attached hydrogen (secondary N) is 1. The Bertz CT molecular complexity index is 1060. The van der Waals surface area contributed by atoms with Crippen molar-refractivity contribution in [2.75, 3.05) is 0 Å². The van der Waals surface area contributed by atoms with Crippen molar-refractivity contribution < 1.29 is 4.79 Å². The molecular weight excluding hydrogens is 368 g/mol. The first kappa shape index (κ1) is 18.1. The summed E-state index contributed by atoms with van der Waals surface area (Å²) in [4.78, 5) is 21.8. The number of nitrogens with zero attached hydrogens (tertiary/aromatic N) is 3. The molecule has 0 aliphatic rings. The highest BCUT2D eigenvalue weighted by Gasteiger charge is 2.21. The Kier molecular flexibility index (Phi) is 5.30. The number of benzene rings is 2. The maximum absolute atomic E-state index is 12.8. The lowest BCUT2D eigenvalue weighted by Crippen LogP contribution is -2.32. The Morgan fingerprint density at radius 3 is 2.50 bits per heavy atom. The van der Waals surface area contributed by atoms with Crippen LogP contribution in [0.4, 0.5) is 0 Å². The van der Waals surface area contributed by atoms with Gasteiger partial charge in [0.25, 0.3) is 0 Å². The summed E-state index contributed by atoms with van der Waals surface area (Å²) in [5.74, 6) is 0.713. The zero-order valence-corrected chi connectivity index (χ0v) is 16.3. The molecule has 0 bridgehead atoms. The van der Waals surface area contributed by atoms with Crippen molar-refractivity contribution in [1.82, 2.24) is 19.9 Å². The Morgan fingerprint density at radius 2 is 1.82 bits per heavy atom. The number of aryl methyl sites for hydroxylation is 1. The fourth-order valence-electron chi connectivity index (χ4n) is 3.08. The van der Waals surface area contributed by atoms with Gasteiger partial charge in [-0.05, 0) is 5.56 Å². The third-order valence-corrected chi connectivity index (χ3v) is 5.41. The van der Waals surface area contributed by atoms with Crippen molar-refractivity contribution in [1.29, 1.82) is 0 Å². The molecule has 1 N–H and O–H groups in total. The summed E-state index contributed by atoms with van der Waals surface area (Å²) in [7, 11) is 1.93. The molecule has 2 aromatic heterocycles. The van der Waals surface area contributed by atoms with Crippen LogP contribution in [0.1, 0.15) is 23.1 Å². The van der Waals surface area contributed by atoms with Gasteiger partial charge in [0.05, 0.1) is 12.1 Å². The number of hydrogen-bond donors (Lipinski definition) is 1. The molecule has 1 amide bonds. The third-order valence-electron chi connectivity index (χ3n) is 4.47. The van der Waals surface area contributed by atoms with Gasteiger partial charge in [-0.25, -0.2) is 9.97 Å². The smallest absolute Gasteiger partial charge is 0.226 e. The van der Waals surface area contributed by atoms with Crippen LogP contribution in [0.2, 0.25) is 0 Å². The highest BCUT2D eigenvalue weighted by atomic mass is 32.1. The molecule has 4 rings (SSSR count). The van der Waals surface area contributed by atoms with E-state index < -0.39 is 0 Å². The Hall–Kier alpha value is -3.25. The monoisotopic (exact) mass is 388 g/mol. The van der Waals surface area contributed by atoms with E-state index in [0.29, 0.717) is 0 Å². The van der Waals surface area contributed by atoms with Gasteiger partial charge in [-0.15, -0.1) is 11.3 Å². The number of thiazole rings is 1. The summed E-state index contributed by atoms with van der Waals surface area (Å²) >= 11 is 1.55. The van der Waals surface area contributed by atoms with Crippen molar-refractivity contribution in [3.05, 3.63) is 95.5 Å². The summed E-state index contributed by atoms with van der Waals surface area (Å²) in [5, 5.41) is 5.98. The lowest BCUT2D eigenvalue weighted by Gasteiger charge is -2.19. The molecule has 0 saturated carbocycles. The molecule has 1 unspecified atom stereocenters. The van der Waals surface area contributed by atoms with E-state index in [1.807, 2.05) is 83.9 Å². The number of amides is 1. The number of rotatable bonds is 6. The second kappa shape index (κ2) is 8.19. The van der Waals surface area contributed by atoms with E-state index in [2.05, 4.69) is 15.3 Å². The van der Waals surface area contributed by atoms with Crippen LogP contribution in [0.25, 0.3) is 10.6 Å². The molecule has 2 heterocycles. The number of carbonyl (C=O) groups is 1. The highest BCUT2D eigenvalue weighted by Crippen LogP contribution is 2.24. The third kappa shape index (κ3) is 4.02. The number of imidazole rings is 1. The first-order valence-electron chi connectivity index (χ1n) is 9.02. The lowest BCUT2D eigenvalue weighted by atomic mass is 10.1. The first-order valence-corrected chi connectivity index (χ1v) is 9.90. The molecule has 140 valence electrons. The highest BCUT2D eigenvalue weighted by molar-refractivity contribution is 7.13. The average Bonchev–Trinajstić information content (AvgIpc) is 3.36. The summed E-state index contributed by atoms with van der Waals surface area (Å²) < 4.78 is 1.92. The second-order valence-corrected chi connectivity index (χ2v) is 7.35. The summed E-state index contributed by atoms with van der Waals surface area (Å²) in [6, 6.07) is 19.6. The largest absolute Gasteiger partial charge is 0.342 e. The number of carbonyl (C=O) groups excluding carboxylic acids is 1. The topological polar surface area (TPSA) is 59.8 Å². The van der Waals surface area contributed by atoms with Crippen molar-refractivity contribution in [3.8, 4) is 10.6 Å². The van der Waals surface area contributed by atoms with E-state index in [0.717, 1.165) is 27.7 Å². The van der Waals surface area contributed by atoms with Gasteiger partial charge >= 0.3 is 0 Å². The minimum absolute atomic E-state index is 0.0817. The second-order valence-electron chi connectivity index (χ2n) is 6.49. The predicted octanol–water partition coefficient (Wildman–Crippen LogP) is 3.99. The van der Waals surface area contributed by atoms with Crippen molar-refractivity contribution in [2.24, 2.45) is 7.05 Å². The number of hydrogen-bond acceptors (Lipinski definition) is 4. The molecule has 1 atom stereocenters. The summed E-state index contributed by atoms with van der Waals surface area (Å²) in [5.41, 5.74) is 2.83. The molecule has 0 fully saturated rings. The van der Waals surface area contributed by atoms with Crippen LogP contribution in [0, 0.1) is 0 Å². The SMILES string of the molecule is Cn1ccnc1C(NC(=O)Cc1csc(-c2ccccc2)n1)c1ccccc1. The maximum Gasteiger partial charge on any atom is 0.226 e. The molecule has 28 heavy (non-hydrogen) atoms. The minimum Gasteiger partial charge on any atom is -0.342 e. The molecule has 0 aliphatic heterocycles. The van der Waals surface area contributed by atoms with Gasteiger partial charge in [0.2, 0.25) is 5.91 Å². The molecule has 2 aromatic carbocycles. The fraction of sp³-hybridized carbons (Fsp3) is 0.136. The molecule has 0 radical (unpaired) electrons. The quantitative estimate of drug-likeness (QED) is 0.543. The fourth-order valence-corrected chi connectivity index (χ4v) is 3.90. The van der Waals surface area contributed by atoms with Crippen LogP contribution in [-0.2, 0) is 18.3 Å². The van der Waals surface area contributed by atoms with Gasteiger partial charge in [-0.1, -0.05) is 60.7 Å². The normalized spacial score (nSPS) is 11.9. The standard InChI is InChI=1S/C22H20N4OS/c1-26-13-12-23-21(26)20(16-8-4-2-5-9-16)25-19(27)14-18-15-28-22(24-18)17-10-6-3-7-11-17/h2-13,15,20H,14H2,1H3,(H,25,27). The Morgan fingerprint density at radius 1 is 1.11 bits per heavy atom. The van der Waals surface area contributed by atoms with E-state index in [1.54, 1.807) is 17.5 Å². The summed E-state index contributed by atoms with van der Waals surface area (Å²) in [6.45, 7) is 0. The molecule has 0 saturated heterocycles. The number of aromatic nitrogens is 3. The van der Waals surface area contributed by atoms with Crippen LogP contribution in [-0.4, -0.2) is 20.4 Å². The van der Waals surface area contributed by atoms with Gasteiger partial charge < -0.3 is 9.88 Å². The zero-order valence-electron chi connectivity index (χ0n) is 15.4. The molecule has 0 aliphatic carbocycles. The Balaban J connectivity index is 1.51. The molecular formula is C22H20N4OS. The van der Waals surface area contributed by atoms with E-state index in [1.165, 1.54) is 0 Å². The van der Waals surface area contributed by atoms with Gasteiger partial charge in [0.15, 0.2) is 0 Å². The van der Waals surface area contributed by atoms with Crippen molar-refractivity contribution in [2.45, 2.75) is 12.5 Å². The van der Waals surface area contributed by atoms with Crippen LogP contribution >= 0.6 is 11.3 Å². The molecule has 4 aromatic rings. The first-order chi connectivity index (χ1) is 13.7. The lowest BCUT2D eigenvalue weighted by molar-refractivity contribution is -0.121. The van der Waals surface area contributed by atoms with Crippen molar-refractivity contribution >= 4 is 17.2 Å². The average molecular weight is 388 g/mol. The molecule has 6 heteroatoms. The van der Waals surface area contributed by atoms with Gasteiger partial charge in [0, 0.05) is 30.4 Å². The van der Waals surface area contributed by atoms with E-state index >= 15 is 0 Å². The van der Waals surface area contributed by atoms with Crippen LogP contribution < -0.4 is 5.32 Å².